The van der Waals surface area contributed by atoms with Crippen LogP contribution in [0, 0.1) is 17.3 Å². The lowest BCUT2D eigenvalue weighted by Gasteiger charge is -2.33. The van der Waals surface area contributed by atoms with Crippen LogP contribution < -0.4 is 5.32 Å². The van der Waals surface area contributed by atoms with Gasteiger partial charge in [0.15, 0.2) is 0 Å². The van der Waals surface area contributed by atoms with Crippen LogP contribution in [0.5, 0.6) is 0 Å². The van der Waals surface area contributed by atoms with Crippen LogP contribution in [0.2, 0.25) is 0 Å². The molecule has 0 aliphatic rings. The van der Waals surface area contributed by atoms with Crippen LogP contribution in [-0.4, -0.2) is 12.6 Å². The predicted molar refractivity (Wildman–Crippen MR) is 93.1 cm³/mol. The van der Waals surface area contributed by atoms with Crippen molar-refractivity contribution in [3.05, 3.63) is 12.2 Å². The third-order valence-corrected chi connectivity index (χ3v) is 4.33. The van der Waals surface area contributed by atoms with Crippen LogP contribution in [0.15, 0.2) is 12.2 Å². The van der Waals surface area contributed by atoms with Crippen molar-refractivity contribution in [2.45, 2.75) is 86.6 Å². The first-order chi connectivity index (χ1) is 9.22. The van der Waals surface area contributed by atoms with E-state index >= 15 is 0 Å². The molecular formula is C19H39N. The Morgan fingerprint density at radius 3 is 2.05 bits per heavy atom. The van der Waals surface area contributed by atoms with Crippen molar-refractivity contribution in [2.75, 3.05) is 6.54 Å². The molecule has 0 saturated heterocycles. The lowest BCUT2D eigenvalue weighted by Crippen LogP contribution is -2.33. The Kier molecular flexibility index (Phi) is 9.46. The number of nitrogens with one attached hydrogen (secondary N) is 1. The normalized spacial score (nSPS) is 16.8. The first-order valence-electron chi connectivity index (χ1n) is 8.63. The summed E-state index contributed by atoms with van der Waals surface area (Å²) in [5, 5.41) is 3.68. The van der Waals surface area contributed by atoms with Gasteiger partial charge in [-0.1, -0.05) is 73.0 Å². The topological polar surface area (TPSA) is 12.0 Å². The van der Waals surface area contributed by atoms with E-state index in [-0.39, 0.29) is 0 Å². The van der Waals surface area contributed by atoms with Crippen molar-refractivity contribution in [1.29, 1.82) is 0 Å². The van der Waals surface area contributed by atoms with Crippen molar-refractivity contribution in [3.8, 4) is 0 Å². The second kappa shape index (κ2) is 9.60. The molecule has 0 saturated carbocycles. The van der Waals surface area contributed by atoms with E-state index < -0.39 is 0 Å². The molecule has 20 heavy (non-hydrogen) atoms. The summed E-state index contributed by atoms with van der Waals surface area (Å²) in [6.07, 6.45) is 6.40. The summed E-state index contributed by atoms with van der Waals surface area (Å²) in [6.45, 7) is 21.6. The molecule has 0 aliphatic heterocycles. The maximum atomic E-state index is 4.37. The quantitative estimate of drug-likeness (QED) is 0.498. The molecule has 0 fully saturated rings. The molecule has 0 heterocycles. The van der Waals surface area contributed by atoms with Gasteiger partial charge >= 0.3 is 0 Å². The molecule has 0 rings (SSSR count). The Labute approximate surface area is 128 Å². The highest BCUT2D eigenvalue weighted by Crippen LogP contribution is 2.34. The molecule has 1 heteroatoms. The minimum Gasteiger partial charge on any atom is -0.311 e. The average Bonchev–Trinajstić information content (AvgIpc) is 2.31. The van der Waals surface area contributed by atoms with Crippen molar-refractivity contribution < 1.29 is 0 Å². The van der Waals surface area contributed by atoms with Gasteiger partial charge in [-0.15, -0.1) is 0 Å². The SMILES string of the molecule is C=C(CNC(C)CC(C)CCC)C(CCC)C(C)(C)C. The second-order valence-electron chi connectivity index (χ2n) is 7.78. The first-order valence-corrected chi connectivity index (χ1v) is 8.63. The lowest BCUT2D eigenvalue weighted by atomic mass is 9.74. The molecule has 0 amide bonds. The molecule has 3 atom stereocenters. The molecule has 1 nitrogen and oxygen atoms in total. The molecule has 0 radical (unpaired) electrons. The van der Waals surface area contributed by atoms with Crippen LogP contribution in [0.25, 0.3) is 0 Å². The van der Waals surface area contributed by atoms with Gasteiger partial charge in [-0.25, -0.2) is 0 Å². The maximum absolute atomic E-state index is 4.37. The molecule has 120 valence electrons. The summed E-state index contributed by atoms with van der Waals surface area (Å²) in [4.78, 5) is 0. The Morgan fingerprint density at radius 2 is 1.60 bits per heavy atom. The molecule has 1 N–H and O–H groups in total. The molecular weight excluding hydrogens is 242 g/mol. The van der Waals surface area contributed by atoms with Crippen LogP contribution in [0.3, 0.4) is 0 Å². The highest BCUT2D eigenvalue weighted by atomic mass is 14.9. The summed E-state index contributed by atoms with van der Waals surface area (Å²) >= 11 is 0. The number of hydrogen-bond acceptors (Lipinski definition) is 1. The zero-order chi connectivity index (χ0) is 15.8. The smallest absolute Gasteiger partial charge is 0.0167 e. The number of hydrogen-bond donors (Lipinski definition) is 1. The average molecular weight is 282 g/mol. The Bertz CT molecular complexity index is 261. The van der Waals surface area contributed by atoms with E-state index in [1.807, 2.05) is 0 Å². The Hall–Kier alpha value is -0.300. The van der Waals surface area contributed by atoms with Gasteiger partial charge in [0.1, 0.15) is 0 Å². The third kappa shape index (κ3) is 8.09. The van der Waals surface area contributed by atoms with Gasteiger partial charge in [0.25, 0.3) is 0 Å². The van der Waals surface area contributed by atoms with Gasteiger partial charge < -0.3 is 5.32 Å². The Balaban J connectivity index is 4.24. The van der Waals surface area contributed by atoms with E-state index in [9.17, 15) is 0 Å². The van der Waals surface area contributed by atoms with Crippen molar-refractivity contribution >= 4 is 0 Å². The van der Waals surface area contributed by atoms with Crippen LogP contribution >= 0.6 is 0 Å². The maximum Gasteiger partial charge on any atom is 0.0167 e. The monoisotopic (exact) mass is 281 g/mol. The summed E-state index contributed by atoms with van der Waals surface area (Å²) < 4.78 is 0. The molecule has 0 bridgehead atoms. The molecule has 0 spiro atoms. The van der Waals surface area contributed by atoms with Crippen molar-refractivity contribution in [3.63, 3.8) is 0 Å². The minimum absolute atomic E-state index is 0.327. The first kappa shape index (κ1) is 19.7. The van der Waals surface area contributed by atoms with Crippen LogP contribution in [0.4, 0.5) is 0 Å². The van der Waals surface area contributed by atoms with E-state index in [0.29, 0.717) is 17.4 Å². The van der Waals surface area contributed by atoms with Crippen molar-refractivity contribution in [2.24, 2.45) is 17.3 Å². The van der Waals surface area contributed by atoms with Crippen molar-refractivity contribution in [1.82, 2.24) is 5.32 Å². The fourth-order valence-electron chi connectivity index (χ4n) is 3.26. The van der Waals surface area contributed by atoms with Crippen LogP contribution in [0.1, 0.15) is 80.6 Å². The Morgan fingerprint density at radius 1 is 1.05 bits per heavy atom. The highest BCUT2D eigenvalue weighted by molar-refractivity contribution is 5.07. The largest absolute Gasteiger partial charge is 0.311 e. The van der Waals surface area contributed by atoms with E-state index in [1.54, 1.807) is 0 Å². The second-order valence-corrected chi connectivity index (χ2v) is 7.78. The van der Waals surface area contributed by atoms with E-state index in [4.69, 9.17) is 0 Å². The summed E-state index contributed by atoms with van der Waals surface area (Å²) in [7, 11) is 0. The van der Waals surface area contributed by atoms with Gasteiger partial charge in [0.2, 0.25) is 0 Å². The zero-order valence-corrected chi connectivity index (χ0v) is 15.2. The minimum atomic E-state index is 0.327. The molecule has 0 aromatic rings. The third-order valence-electron chi connectivity index (χ3n) is 4.33. The fourth-order valence-corrected chi connectivity index (χ4v) is 3.26. The highest BCUT2D eigenvalue weighted by Gasteiger charge is 2.26. The predicted octanol–water partition coefficient (Wildman–Crippen LogP) is 5.81. The van der Waals surface area contributed by atoms with Gasteiger partial charge in [0.05, 0.1) is 0 Å². The standard InChI is InChI=1S/C19H39N/c1-9-11-15(3)13-17(5)20-14-16(4)18(12-10-2)19(6,7)8/h15,17-18,20H,4,9-14H2,1-3,5-8H3. The van der Waals surface area contributed by atoms with E-state index in [2.05, 4.69) is 60.4 Å². The fraction of sp³-hybridized carbons (Fsp3) is 0.895. The van der Waals surface area contributed by atoms with Crippen LogP contribution in [-0.2, 0) is 0 Å². The molecule has 3 unspecified atom stereocenters. The van der Waals surface area contributed by atoms with Gasteiger partial charge in [-0.3, -0.25) is 0 Å². The summed E-state index contributed by atoms with van der Waals surface area (Å²) in [5.74, 6) is 1.45. The van der Waals surface area contributed by atoms with Gasteiger partial charge in [0, 0.05) is 12.6 Å². The van der Waals surface area contributed by atoms with Gasteiger partial charge in [-0.2, -0.15) is 0 Å². The van der Waals surface area contributed by atoms with Gasteiger partial charge in [-0.05, 0) is 37.0 Å². The van der Waals surface area contributed by atoms with E-state index in [1.165, 1.54) is 37.7 Å². The lowest BCUT2D eigenvalue weighted by molar-refractivity contribution is 0.256. The zero-order valence-electron chi connectivity index (χ0n) is 15.2. The van der Waals surface area contributed by atoms with E-state index in [0.717, 1.165) is 12.5 Å². The molecule has 0 aromatic heterocycles. The summed E-state index contributed by atoms with van der Waals surface area (Å²) in [6, 6.07) is 0.593. The number of rotatable bonds is 10. The molecule has 0 aliphatic carbocycles. The molecule has 0 aromatic carbocycles. The summed E-state index contributed by atoms with van der Waals surface area (Å²) in [5.41, 5.74) is 1.71.